The van der Waals surface area contributed by atoms with Crippen molar-refractivity contribution in [1.82, 2.24) is 4.90 Å². The molecule has 2 aromatic carbocycles. The molecule has 0 radical (unpaired) electrons. The van der Waals surface area contributed by atoms with Crippen LogP contribution in [-0.4, -0.2) is 41.6 Å². The number of rotatable bonds is 6. The minimum absolute atomic E-state index is 0.00149. The zero-order valence-corrected chi connectivity index (χ0v) is 21.1. The van der Waals surface area contributed by atoms with E-state index in [1.54, 1.807) is 12.1 Å². The van der Waals surface area contributed by atoms with Crippen molar-refractivity contribution < 1.29 is 18.0 Å². The minimum atomic E-state index is -4.05. The average Bonchev–Trinajstić information content (AvgIpc) is 3.10. The van der Waals surface area contributed by atoms with Crippen LogP contribution >= 0.6 is 23.4 Å². The van der Waals surface area contributed by atoms with Crippen LogP contribution in [-0.2, 0) is 19.6 Å². The Kier molecular flexibility index (Phi) is 7.64. The summed E-state index contributed by atoms with van der Waals surface area (Å²) in [7, 11) is -4.05. The predicted molar refractivity (Wildman–Crippen MR) is 136 cm³/mol. The fourth-order valence-electron chi connectivity index (χ4n) is 4.13. The van der Waals surface area contributed by atoms with Gasteiger partial charge in [-0.25, -0.2) is 0 Å². The van der Waals surface area contributed by atoms with E-state index in [1.807, 2.05) is 19.1 Å². The van der Waals surface area contributed by atoms with Gasteiger partial charge in [0.2, 0.25) is 11.8 Å². The Balaban J connectivity index is 1.57. The van der Waals surface area contributed by atoms with Crippen molar-refractivity contribution in [3.63, 3.8) is 0 Å². The number of carbonyl (C=O) groups excluding carboxylic acids is 2. The van der Waals surface area contributed by atoms with Crippen LogP contribution in [0, 0.1) is 6.92 Å². The lowest BCUT2D eigenvalue weighted by Gasteiger charge is -2.30. The maximum absolute atomic E-state index is 13.3. The van der Waals surface area contributed by atoms with Crippen molar-refractivity contribution >= 4 is 56.1 Å². The lowest BCUT2D eigenvalue weighted by Crippen LogP contribution is -2.42. The van der Waals surface area contributed by atoms with Crippen molar-refractivity contribution in [1.29, 1.82) is 0 Å². The molecule has 1 saturated carbocycles. The van der Waals surface area contributed by atoms with E-state index < -0.39 is 15.3 Å². The number of aryl methyl sites for hydroxylation is 1. The first-order chi connectivity index (χ1) is 16.2. The van der Waals surface area contributed by atoms with Gasteiger partial charge in [-0.05, 0) is 56.2 Å². The number of benzene rings is 2. The molecule has 7 nitrogen and oxygen atoms in total. The molecule has 2 aliphatic rings. The van der Waals surface area contributed by atoms with Crippen LogP contribution in [0.15, 0.2) is 57.8 Å². The normalized spacial score (nSPS) is 20.6. The van der Waals surface area contributed by atoms with E-state index in [2.05, 4.69) is 9.71 Å². The highest BCUT2D eigenvalue weighted by atomic mass is 35.5. The van der Waals surface area contributed by atoms with Crippen molar-refractivity contribution in [3.8, 4) is 0 Å². The minimum Gasteiger partial charge on any atom is -0.326 e. The molecule has 1 atom stereocenters. The number of hydrogen-bond acceptors (Lipinski definition) is 5. The summed E-state index contributed by atoms with van der Waals surface area (Å²) in [4.78, 5) is 27.5. The van der Waals surface area contributed by atoms with Crippen molar-refractivity contribution in [2.45, 2.75) is 61.6 Å². The maximum atomic E-state index is 13.3. The number of hydrogen-bond donors (Lipinski definition) is 1. The fourth-order valence-corrected chi connectivity index (χ4v) is 6.66. The Bertz CT molecular complexity index is 1190. The highest BCUT2D eigenvalue weighted by Crippen LogP contribution is 2.36. The topological polar surface area (TPSA) is 95.9 Å². The Labute approximate surface area is 209 Å². The Hall–Kier alpha value is -2.36. The van der Waals surface area contributed by atoms with Crippen molar-refractivity contribution in [2.24, 2.45) is 4.40 Å². The summed E-state index contributed by atoms with van der Waals surface area (Å²) in [6.45, 7) is 1.96. The van der Waals surface area contributed by atoms with Crippen LogP contribution in [0.5, 0.6) is 0 Å². The first-order valence-electron chi connectivity index (χ1n) is 11.2. The van der Waals surface area contributed by atoms with Gasteiger partial charge in [0.05, 0.1) is 4.90 Å². The first-order valence-corrected chi connectivity index (χ1v) is 13.9. The molecule has 0 bridgehead atoms. The second kappa shape index (κ2) is 10.5. The standard InChI is InChI=1S/C24H26ClN3O4S2/c1-16-7-11-18(12-8-16)26-22(29)15-21-23(30)28(19-5-3-2-4-6-19)24(33-21)27-34(31,32)20-13-9-17(25)10-14-20/h7-14,19,21H,2-6,15H2,1H3,(H,26,29). The molecule has 0 aromatic heterocycles. The summed E-state index contributed by atoms with van der Waals surface area (Å²) in [6, 6.07) is 13.0. The van der Waals surface area contributed by atoms with Gasteiger partial charge >= 0.3 is 0 Å². The number of amides is 2. The summed E-state index contributed by atoms with van der Waals surface area (Å²) in [6.07, 6.45) is 4.53. The van der Waals surface area contributed by atoms with Crippen LogP contribution in [0.25, 0.3) is 0 Å². The Morgan fingerprint density at radius 1 is 1.09 bits per heavy atom. The third-order valence-corrected chi connectivity index (χ3v) is 8.72. The van der Waals surface area contributed by atoms with Gasteiger partial charge in [0.15, 0.2) is 5.17 Å². The third-order valence-electron chi connectivity index (χ3n) is 5.92. The average molecular weight is 520 g/mol. The SMILES string of the molecule is Cc1ccc(NC(=O)CC2SC(=NS(=O)(=O)c3ccc(Cl)cc3)N(C3CCCCC3)C2=O)cc1. The molecule has 34 heavy (non-hydrogen) atoms. The summed E-state index contributed by atoms with van der Waals surface area (Å²) in [5.41, 5.74) is 1.72. The van der Waals surface area contributed by atoms with Gasteiger partial charge in [0.1, 0.15) is 5.25 Å². The molecule has 2 aromatic rings. The number of nitrogens with zero attached hydrogens (tertiary/aromatic N) is 2. The van der Waals surface area contributed by atoms with E-state index in [-0.39, 0.29) is 34.3 Å². The predicted octanol–water partition coefficient (Wildman–Crippen LogP) is 5.00. The van der Waals surface area contributed by atoms with Gasteiger partial charge < -0.3 is 5.32 Å². The zero-order valence-electron chi connectivity index (χ0n) is 18.7. The number of sulfonamides is 1. The number of thioether (sulfide) groups is 1. The van der Waals surface area contributed by atoms with E-state index in [0.717, 1.165) is 49.4 Å². The smallest absolute Gasteiger partial charge is 0.284 e. The van der Waals surface area contributed by atoms with Crippen molar-refractivity contribution in [3.05, 3.63) is 59.1 Å². The van der Waals surface area contributed by atoms with E-state index in [0.29, 0.717) is 10.7 Å². The van der Waals surface area contributed by atoms with Gasteiger partial charge in [0, 0.05) is 23.2 Å². The third kappa shape index (κ3) is 5.82. The molecule has 1 saturated heterocycles. The van der Waals surface area contributed by atoms with E-state index in [1.165, 1.54) is 29.2 Å². The summed E-state index contributed by atoms with van der Waals surface area (Å²) in [5, 5.41) is 2.64. The number of amidine groups is 1. The van der Waals surface area contributed by atoms with Crippen LogP contribution in [0.1, 0.15) is 44.1 Å². The Morgan fingerprint density at radius 3 is 2.38 bits per heavy atom. The monoisotopic (exact) mass is 519 g/mol. The molecule has 1 N–H and O–H groups in total. The molecule has 10 heteroatoms. The molecule has 0 spiro atoms. The van der Waals surface area contributed by atoms with Gasteiger partial charge in [-0.1, -0.05) is 60.3 Å². The van der Waals surface area contributed by atoms with Crippen LogP contribution in [0.2, 0.25) is 5.02 Å². The molecular weight excluding hydrogens is 494 g/mol. The number of carbonyl (C=O) groups is 2. The fraction of sp³-hybridized carbons (Fsp3) is 0.375. The first kappa shape index (κ1) is 24.8. The van der Waals surface area contributed by atoms with Gasteiger partial charge in [-0.3, -0.25) is 14.5 Å². The van der Waals surface area contributed by atoms with Gasteiger partial charge in [-0.15, -0.1) is 4.40 Å². The highest BCUT2D eigenvalue weighted by Gasteiger charge is 2.43. The number of anilines is 1. The zero-order chi connectivity index (χ0) is 24.3. The second-order valence-electron chi connectivity index (χ2n) is 8.53. The van der Waals surface area contributed by atoms with Crippen molar-refractivity contribution in [2.75, 3.05) is 5.32 Å². The Morgan fingerprint density at radius 2 is 1.74 bits per heavy atom. The van der Waals surface area contributed by atoms with Gasteiger partial charge in [0.25, 0.3) is 10.0 Å². The molecular formula is C24H26ClN3O4S2. The molecule has 1 unspecified atom stereocenters. The summed E-state index contributed by atoms with van der Waals surface area (Å²) < 4.78 is 30.0. The van der Waals surface area contributed by atoms with Gasteiger partial charge in [-0.2, -0.15) is 8.42 Å². The molecule has 2 amide bonds. The number of nitrogens with one attached hydrogen (secondary N) is 1. The lowest BCUT2D eigenvalue weighted by molar-refractivity contribution is -0.130. The molecule has 2 fully saturated rings. The maximum Gasteiger partial charge on any atom is 0.284 e. The van der Waals surface area contributed by atoms with Crippen LogP contribution in [0.3, 0.4) is 0 Å². The van der Waals surface area contributed by atoms with E-state index in [4.69, 9.17) is 11.6 Å². The van der Waals surface area contributed by atoms with E-state index >= 15 is 0 Å². The molecule has 4 rings (SSSR count). The van der Waals surface area contributed by atoms with Crippen LogP contribution in [0.4, 0.5) is 5.69 Å². The summed E-state index contributed by atoms with van der Waals surface area (Å²) in [5.74, 6) is -0.568. The second-order valence-corrected chi connectivity index (χ2v) is 11.7. The molecule has 1 heterocycles. The molecule has 1 aliphatic carbocycles. The lowest BCUT2D eigenvalue weighted by atomic mass is 9.94. The summed E-state index contributed by atoms with van der Waals surface area (Å²) >= 11 is 6.93. The highest BCUT2D eigenvalue weighted by molar-refractivity contribution is 8.16. The largest absolute Gasteiger partial charge is 0.326 e. The number of halogens is 1. The van der Waals surface area contributed by atoms with Crippen LogP contribution < -0.4 is 5.32 Å². The van der Waals surface area contributed by atoms with E-state index in [9.17, 15) is 18.0 Å². The quantitative estimate of drug-likeness (QED) is 0.579. The molecule has 1 aliphatic heterocycles. The molecule has 180 valence electrons.